The van der Waals surface area contributed by atoms with Gasteiger partial charge in [0.1, 0.15) is 0 Å². The minimum Gasteiger partial charge on any atom is -0.493 e. The van der Waals surface area contributed by atoms with Gasteiger partial charge in [-0.05, 0) is 58.5 Å². The second-order valence-corrected chi connectivity index (χ2v) is 11.5. The molecular weight excluding hydrogens is 570 g/mol. The van der Waals surface area contributed by atoms with Crippen molar-refractivity contribution in [1.82, 2.24) is 15.2 Å². The van der Waals surface area contributed by atoms with Crippen LogP contribution in [0.25, 0.3) is 0 Å². The molecule has 3 heterocycles. The average molecular weight is 610 g/mol. The summed E-state index contributed by atoms with van der Waals surface area (Å²) in [6.07, 6.45) is 4.05. The van der Waals surface area contributed by atoms with Crippen molar-refractivity contribution in [3.63, 3.8) is 0 Å². The van der Waals surface area contributed by atoms with Crippen molar-refractivity contribution in [3.05, 3.63) is 124 Å². The number of carbonyl (C=O) groups excluding carboxylic acids is 1. The van der Waals surface area contributed by atoms with E-state index in [9.17, 15) is 9.90 Å². The van der Waals surface area contributed by atoms with Gasteiger partial charge >= 0.3 is 0 Å². The molecule has 1 saturated heterocycles. The van der Waals surface area contributed by atoms with E-state index in [0.29, 0.717) is 18.5 Å². The van der Waals surface area contributed by atoms with Gasteiger partial charge in [-0.15, -0.1) is 0 Å². The Morgan fingerprint density at radius 3 is 2.36 bits per heavy atom. The molecule has 0 saturated carbocycles. The fourth-order valence-corrected chi connectivity index (χ4v) is 5.99. The Kier molecular flexibility index (Phi) is 9.71. The number of benzene rings is 3. The molecule has 0 unspecified atom stereocenters. The first-order valence-corrected chi connectivity index (χ1v) is 15.3. The van der Waals surface area contributed by atoms with Crippen LogP contribution in [0.2, 0.25) is 0 Å². The molecule has 3 aromatic carbocycles. The van der Waals surface area contributed by atoms with Gasteiger partial charge in [0.15, 0.2) is 17.8 Å². The number of nitrogens with zero attached hydrogens (tertiary/aromatic N) is 2. The first kappa shape index (κ1) is 30.7. The molecule has 45 heavy (non-hydrogen) atoms. The summed E-state index contributed by atoms with van der Waals surface area (Å²) >= 11 is 0. The van der Waals surface area contributed by atoms with Crippen molar-refractivity contribution in [2.75, 3.05) is 27.3 Å². The summed E-state index contributed by atoms with van der Waals surface area (Å²) in [6.45, 7) is 2.88. The number of aromatic nitrogens is 1. The SMILES string of the molecule is COc1cc2c(cc1OC)CN(C[C@H]1C[C@@H](c3ccc(CO)cc3)O[C@@H](c3ccc(CNC(=O)c4cccnc4)cc3)O1)CC2. The molecule has 9 nitrogen and oxygen atoms in total. The van der Waals surface area contributed by atoms with Gasteiger partial charge in [-0.3, -0.25) is 14.7 Å². The number of methoxy groups -OCH3 is 2. The Morgan fingerprint density at radius 1 is 0.956 bits per heavy atom. The van der Waals surface area contributed by atoms with Crippen LogP contribution in [0.4, 0.5) is 0 Å². The Bertz CT molecular complexity index is 1580. The summed E-state index contributed by atoms with van der Waals surface area (Å²) in [5.74, 6) is 1.34. The Labute approximate surface area is 263 Å². The standard InChI is InChI=1S/C36H39N3O6/c1-42-33-16-28-13-15-39(21-30(28)17-34(33)43-2)22-31-18-32(26-9-7-25(23-40)8-10-26)45-36(44-31)27-11-5-24(6-12-27)19-38-35(41)29-4-3-14-37-20-29/h3-12,14,16-17,20,31-32,36,40H,13,15,18-19,21-23H2,1-2H3,(H,38,41)/t31-,32+,36+/m1/s1. The van der Waals surface area contributed by atoms with E-state index in [2.05, 4.69) is 27.3 Å². The molecule has 3 atom stereocenters. The van der Waals surface area contributed by atoms with Gasteiger partial charge in [-0.25, -0.2) is 0 Å². The van der Waals surface area contributed by atoms with Crippen molar-refractivity contribution in [1.29, 1.82) is 0 Å². The molecule has 0 aliphatic carbocycles. The fourth-order valence-electron chi connectivity index (χ4n) is 5.99. The molecule has 4 aromatic rings. The quantitative estimate of drug-likeness (QED) is 0.255. The van der Waals surface area contributed by atoms with Gasteiger partial charge in [0.2, 0.25) is 0 Å². The summed E-state index contributed by atoms with van der Waals surface area (Å²) in [4.78, 5) is 18.9. The van der Waals surface area contributed by atoms with E-state index in [-0.39, 0.29) is 24.7 Å². The zero-order valence-corrected chi connectivity index (χ0v) is 25.6. The lowest BCUT2D eigenvalue weighted by Crippen LogP contribution is -2.41. The maximum absolute atomic E-state index is 12.5. The van der Waals surface area contributed by atoms with E-state index in [4.69, 9.17) is 18.9 Å². The number of pyridine rings is 1. The van der Waals surface area contributed by atoms with Crippen LogP contribution in [0.1, 0.15) is 62.6 Å². The van der Waals surface area contributed by atoms with Crippen molar-refractivity contribution in [2.24, 2.45) is 0 Å². The maximum Gasteiger partial charge on any atom is 0.253 e. The van der Waals surface area contributed by atoms with Crippen molar-refractivity contribution < 1.29 is 28.8 Å². The number of ether oxygens (including phenoxy) is 4. The molecule has 9 heteroatoms. The summed E-state index contributed by atoms with van der Waals surface area (Å²) in [5.41, 5.74) is 6.86. The number of nitrogens with one attached hydrogen (secondary N) is 1. The van der Waals surface area contributed by atoms with Gasteiger partial charge < -0.3 is 29.4 Å². The largest absolute Gasteiger partial charge is 0.493 e. The highest BCUT2D eigenvalue weighted by Gasteiger charge is 2.34. The normalized spacial score (nSPS) is 19.8. The van der Waals surface area contributed by atoms with Crippen LogP contribution in [0, 0.1) is 0 Å². The third-order valence-corrected chi connectivity index (χ3v) is 8.50. The minimum atomic E-state index is -0.549. The lowest BCUT2D eigenvalue weighted by atomic mass is 9.97. The number of carbonyl (C=O) groups is 1. The summed E-state index contributed by atoms with van der Waals surface area (Å²) in [5, 5.41) is 12.5. The fraction of sp³-hybridized carbons (Fsp3) is 0.333. The third kappa shape index (κ3) is 7.34. The zero-order valence-electron chi connectivity index (χ0n) is 25.6. The second-order valence-electron chi connectivity index (χ2n) is 11.5. The molecule has 0 bridgehead atoms. The highest BCUT2D eigenvalue weighted by atomic mass is 16.7. The molecule has 2 aliphatic heterocycles. The lowest BCUT2D eigenvalue weighted by Gasteiger charge is -2.39. The predicted molar refractivity (Wildman–Crippen MR) is 169 cm³/mol. The Hall–Kier alpha value is -4.28. The van der Waals surface area contributed by atoms with Gasteiger partial charge in [-0.1, -0.05) is 48.5 Å². The van der Waals surface area contributed by atoms with Crippen molar-refractivity contribution in [2.45, 2.75) is 51.0 Å². The van der Waals surface area contributed by atoms with E-state index < -0.39 is 6.29 Å². The summed E-state index contributed by atoms with van der Waals surface area (Å²) < 4.78 is 24.2. The molecule has 1 amide bonds. The molecule has 0 radical (unpaired) electrons. The number of hydrogen-bond donors (Lipinski definition) is 2. The number of hydrogen-bond acceptors (Lipinski definition) is 8. The number of aliphatic hydroxyl groups excluding tert-OH is 1. The molecule has 1 aromatic heterocycles. The van der Waals surface area contributed by atoms with Gasteiger partial charge in [-0.2, -0.15) is 0 Å². The van der Waals surface area contributed by atoms with Crippen molar-refractivity contribution >= 4 is 5.91 Å². The summed E-state index contributed by atoms with van der Waals surface area (Å²) in [6, 6.07) is 23.6. The predicted octanol–water partition coefficient (Wildman–Crippen LogP) is 5.12. The lowest BCUT2D eigenvalue weighted by molar-refractivity contribution is -0.253. The molecule has 1 fully saturated rings. The van der Waals surface area contributed by atoms with E-state index >= 15 is 0 Å². The highest BCUT2D eigenvalue weighted by Crippen LogP contribution is 2.39. The van der Waals surface area contributed by atoms with Crippen LogP contribution in [0.15, 0.2) is 85.2 Å². The van der Waals surface area contributed by atoms with E-state index in [1.807, 2.05) is 48.5 Å². The molecule has 6 rings (SSSR count). The average Bonchev–Trinajstić information content (AvgIpc) is 3.10. The minimum absolute atomic E-state index is 0.00228. The van der Waals surface area contributed by atoms with Crippen LogP contribution >= 0.6 is 0 Å². The smallest absolute Gasteiger partial charge is 0.253 e. The molecular formula is C36H39N3O6. The molecule has 0 spiro atoms. The molecule has 2 N–H and O–H groups in total. The second kappa shape index (κ2) is 14.2. The van der Waals surface area contributed by atoms with Gasteiger partial charge in [0.25, 0.3) is 5.91 Å². The van der Waals surface area contributed by atoms with E-state index in [1.54, 1.807) is 38.7 Å². The summed E-state index contributed by atoms with van der Waals surface area (Å²) in [7, 11) is 3.33. The number of aliphatic hydroxyl groups is 1. The maximum atomic E-state index is 12.5. The highest BCUT2D eigenvalue weighted by molar-refractivity contribution is 5.93. The topological polar surface area (TPSA) is 102 Å². The number of rotatable bonds is 10. The van der Waals surface area contributed by atoms with E-state index in [0.717, 1.165) is 59.8 Å². The molecule has 2 aliphatic rings. The number of fused-ring (bicyclic) bond motifs is 1. The number of amides is 1. The van der Waals surface area contributed by atoms with Gasteiger partial charge in [0, 0.05) is 50.6 Å². The van der Waals surface area contributed by atoms with Gasteiger partial charge in [0.05, 0.1) is 38.6 Å². The Balaban J connectivity index is 1.16. The molecule has 234 valence electrons. The van der Waals surface area contributed by atoms with Crippen LogP contribution < -0.4 is 14.8 Å². The first-order valence-electron chi connectivity index (χ1n) is 15.3. The zero-order chi connectivity index (χ0) is 31.2. The van der Waals surface area contributed by atoms with E-state index in [1.165, 1.54) is 11.1 Å². The van der Waals surface area contributed by atoms with Crippen molar-refractivity contribution in [3.8, 4) is 11.5 Å². The van der Waals surface area contributed by atoms with Crippen LogP contribution in [-0.4, -0.2) is 54.3 Å². The monoisotopic (exact) mass is 609 g/mol. The van der Waals surface area contributed by atoms with Crippen LogP contribution in [0.5, 0.6) is 11.5 Å². The third-order valence-electron chi connectivity index (χ3n) is 8.50. The van der Waals surface area contributed by atoms with Crippen LogP contribution in [0.3, 0.4) is 0 Å². The first-order chi connectivity index (χ1) is 22.0. The Morgan fingerprint density at radius 2 is 1.67 bits per heavy atom. The van der Waals surface area contributed by atoms with Crippen LogP contribution in [-0.2, 0) is 35.6 Å².